The average molecular weight is 239 g/mol. The number of hydrogen-bond acceptors (Lipinski definition) is 2. The molecule has 84 valence electrons. The van der Waals surface area contributed by atoms with Gasteiger partial charge in [-0.05, 0) is 33.6 Å². The zero-order valence-electron chi connectivity index (χ0n) is 9.09. The molecule has 0 bridgehead atoms. The van der Waals surface area contributed by atoms with E-state index in [4.69, 9.17) is 11.6 Å². The standard InChI is InChI=1S/C10H19ClO2S/c1-10(2,3)14(12,13)9-7-5-4-6-8-11/h4-5H,6-9H2,1-3H3/b5-4+. The van der Waals surface area contributed by atoms with E-state index in [-0.39, 0.29) is 5.75 Å². The van der Waals surface area contributed by atoms with Crippen LogP contribution in [-0.4, -0.2) is 24.8 Å². The van der Waals surface area contributed by atoms with Crippen molar-refractivity contribution in [2.45, 2.75) is 38.4 Å². The van der Waals surface area contributed by atoms with Crippen LogP contribution in [0.2, 0.25) is 0 Å². The van der Waals surface area contributed by atoms with Gasteiger partial charge in [-0.3, -0.25) is 0 Å². The fraction of sp³-hybridized carbons (Fsp3) is 0.800. The second-order valence-electron chi connectivity index (χ2n) is 4.17. The molecule has 0 aliphatic heterocycles. The van der Waals surface area contributed by atoms with Gasteiger partial charge >= 0.3 is 0 Å². The third-order valence-corrected chi connectivity index (χ3v) is 4.79. The van der Waals surface area contributed by atoms with E-state index in [1.54, 1.807) is 20.8 Å². The summed E-state index contributed by atoms with van der Waals surface area (Å²) in [6, 6.07) is 0. The van der Waals surface area contributed by atoms with E-state index in [9.17, 15) is 8.42 Å². The summed E-state index contributed by atoms with van der Waals surface area (Å²) in [5.74, 6) is 0.803. The molecule has 0 amide bonds. The zero-order valence-corrected chi connectivity index (χ0v) is 10.7. The number of allylic oxidation sites excluding steroid dienone is 2. The minimum atomic E-state index is -2.97. The third kappa shape index (κ3) is 5.01. The molecule has 0 fully saturated rings. The Kier molecular flexibility index (Phi) is 5.75. The Morgan fingerprint density at radius 2 is 1.64 bits per heavy atom. The molecule has 0 atom stereocenters. The Morgan fingerprint density at radius 1 is 1.14 bits per heavy atom. The number of alkyl halides is 1. The van der Waals surface area contributed by atoms with Crippen molar-refractivity contribution in [2.75, 3.05) is 11.6 Å². The van der Waals surface area contributed by atoms with Crippen LogP contribution in [0.1, 0.15) is 33.6 Å². The van der Waals surface area contributed by atoms with Crippen LogP contribution in [-0.2, 0) is 9.84 Å². The van der Waals surface area contributed by atoms with Crippen molar-refractivity contribution in [3.63, 3.8) is 0 Å². The molecule has 0 aromatic heterocycles. The van der Waals surface area contributed by atoms with Crippen LogP contribution in [0.5, 0.6) is 0 Å². The smallest absolute Gasteiger partial charge is 0.155 e. The Bertz CT molecular complexity index is 273. The maximum Gasteiger partial charge on any atom is 0.155 e. The lowest BCUT2D eigenvalue weighted by atomic mass is 10.3. The summed E-state index contributed by atoms with van der Waals surface area (Å²) in [7, 11) is -2.97. The molecule has 0 N–H and O–H groups in total. The molecule has 14 heavy (non-hydrogen) atoms. The van der Waals surface area contributed by atoms with Gasteiger partial charge in [-0.2, -0.15) is 0 Å². The summed E-state index contributed by atoms with van der Waals surface area (Å²) in [6.07, 6.45) is 5.18. The first-order valence-electron chi connectivity index (χ1n) is 4.74. The van der Waals surface area contributed by atoms with Gasteiger partial charge in [-0.1, -0.05) is 12.2 Å². The van der Waals surface area contributed by atoms with Gasteiger partial charge < -0.3 is 0 Å². The topological polar surface area (TPSA) is 34.1 Å². The van der Waals surface area contributed by atoms with Gasteiger partial charge in [0.05, 0.1) is 10.5 Å². The van der Waals surface area contributed by atoms with Crippen molar-refractivity contribution in [1.82, 2.24) is 0 Å². The van der Waals surface area contributed by atoms with Crippen LogP contribution in [0.25, 0.3) is 0 Å². The van der Waals surface area contributed by atoms with Gasteiger partial charge in [0.15, 0.2) is 9.84 Å². The second-order valence-corrected chi connectivity index (χ2v) is 7.41. The monoisotopic (exact) mass is 238 g/mol. The first kappa shape index (κ1) is 14.0. The summed E-state index contributed by atoms with van der Waals surface area (Å²) < 4.78 is 22.6. The molecular formula is C10H19ClO2S. The van der Waals surface area contributed by atoms with Crippen molar-refractivity contribution >= 4 is 21.4 Å². The zero-order chi connectivity index (χ0) is 11.2. The second kappa shape index (κ2) is 5.76. The van der Waals surface area contributed by atoms with Crippen molar-refractivity contribution in [2.24, 2.45) is 0 Å². The number of rotatable bonds is 5. The van der Waals surface area contributed by atoms with Gasteiger partial charge in [-0.25, -0.2) is 8.42 Å². The van der Waals surface area contributed by atoms with E-state index in [1.807, 2.05) is 12.2 Å². The van der Waals surface area contributed by atoms with E-state index in [2.05, 4.69) is 0 Å². The SMILES string of the molecule is CC(C)(C)S(=O)(=O)CC/C=C/CCCl. The summed E-state index contributed by atoms with van der Waals surface area (Å²) in [4.78, 5) is 0. The molecular weight excluding hydrogens is 220 g/mol. The highest BCUT2D eigenvalue weighted by Gasteiger charge is 2.27. The number of sulfone groups is 1. The van der Waals surface area contributed by atoms with E-state index >= 15 is 0 Å². The summed E-state index contributed by atoms with van der Waals surface area (Å²) in [5.41, 5.74) is 0. The highest BCUT2D eigenvalue weighted by Crippen LogP contribution is 2.16. The minimum absolute atomic E-state index is 0.218. The average Bonchev–Trinajstić information content (AvgIpc) is 2.02. The molecule has 0 rings (SSSR count). The summed E-state index contributed by atoms with van der Waals surface area (Å²) in [5, 5.41) is 0. The maximum atomic E-state index is 11.6. The van der Waals surface area contributed by atoms with Crippen LogP contribution in [0, 0.1) is 0 Å². The number of halogens is 1. The van der Waals surface area contributed by atoms with Crippen LogP contribution in [0.15, 0.2) is 12.2 Å². The van der Waals surface area contributed by atoms with Crippen LogP contribution >= 0.6 is 11.6 Å². The van der Waals surface area contributed by atoms with Crippen molar-refractivity contribution in [1.29, 1.82) is 0 Å². The Labute approximate surface area is 92.3 Å². The molecule has 0 aliphatic rings. The molecule has 0 aliphatic carbocycles. The Balaban J connectivity index is 4.03. The highest BCUT2D eigenvalue weighted by atomic mass is 35.5. The molecule has 4 heteroatoms. The lowest BCUT2D eigenvalue weighted by molar-refractivity contribution is 0.560. The van der Waals surface area contributed by atoms with E-state index < -0.39 is 14.6 Å². The van der Waals surface area contributed by atoms with Crippen molar-refractivity contribution in [3.8, 4) is 0 Å². The van der Waals surface area contributed by atoms with Gasteiger partial charge in [0.1, 0.15) is 0 Å². The molecule has 0 radical (unpaired) electrons. The first-order chi connectivity index (χ1) is 6.31. The molecule has 0 saturated heterocycles. The van der Waals surface area contributed by atoms with Gasteiger partial charge in [-0.15, -0.1) is 11.6 Å². The van der Waals surface area contributed by atoms with E-state index in [1.165, 1.54) is 0 Å². The van der Waals surface area contributed by atoms with Crippen LogP contribution in [0.4, 0.5) is 0 Å². The maximum absolute atomic E-state index is 11.6. The van der Waals surface area contributed by atoms with Crippen LogP contribution < -0.4 is 0 Å². The normalized spacial score (nSPS) is 13.7. The van der Waals surface area contributed by atoms with Gasteiger partial charge in [0.25, 0.3) is 0 Å². The third-order valence-electron chi connectivity index (χ3n) is 1.93. The quantitative estimate of drug-likeness (QED) is 0.545. The molecule has 0 spiro atoms. The molecule has 0 saturated carbocycles. The molecule has 2 nitrogen and oxygen atoms in total. The van der Waals surface area contributed by atoms with Crippen LogP contribution in [0.3, 0.4) is 0 Å². The number of hydrogen-bond donors (Lipinski definition) is 0. The van der Waals surface area contributed by atoms with Gasteiger partial charge in [0.2, 0.25) is 0 Å². The molecule has 0 heterocycles. The minimum Gasteiger partial charge on any atom is -0.228 e. The molecule has 0 aromatic carbocycles. The summed E-state index contributed by atoms with van der Waals surface area (Å²) in [6.45, 7) is 5.18. The van der Waals surface area contributed by atoms with E-state index in [0.717, 1.165) is 6.42 Å². The fourth-order valence-corrected chi connectivity index (χ4v) is 2.01. The first-order valence-corrected chi connectivity index (χ1v) is 6.93. The van der Waals surface area contributed by atoms with Crippen molar-refractivity contribution < 1.29 is 8.42 Å². The molecule has 0 unspecified atom stereocenters. The molecule has 0 aromatic rings. The summed E-state index contributed by atoms with van der Waals surface area (Å²) >= 11 is 5.47. The predicted octanol–water partition coefficient (Wildman–Crippen LogP) is 2.77. The largest absolute Gasteiger partial charge is 0.228 e. The Hall–Kier alpha value is -0.0200. The Morgan fingerprint density at radius 3 is 2.07 bits per heavy atom. The highest BCUT2D eigenvalue weighted by molar-refractivity contribution is 7.92. The fourth-order valence-electron chi connectivity index (χ4n) is 0.828. The lowest BCUT2D eigenvalue weighted by Gasteiger charge is -2.18. The van der Waals surface area contributed by atoms with E-state index in [0.29, 0.717) is 12.3 Å². The lowest BCUT2D eigenvalue weighted by Crippen LogP contribution is -2.30. The van der Waals surface area contributed by atoms with Crippen molar-refractivity contribution in [3.05, 3.63) is 12.2 Å². The van der Waals surface area contributed by atoms with Gasteiger partial charge in [0, 0.05) is 5.88 Å². The predicted molar refractivity (Wildman–Crippen MR) is 62.6 cm³/mol.